The molecule has 0 atom stereocenters. The van der Waals surface area contributed by atoms with Crippen LogP contribution < -0.4 is 10.1 Å². The summed E-state index contributed by atoms with van der Waals surface area (Å²) in [5.41, 5.74) is 1.28. The minimum Gasteiger partial charge on any atom is -0.433 e. The topological polar surface area (TPSA) is 75.7 Å². The SMILES string of the molecule is Cc1cc(C(=O)Nc2ccccc2OC(F)F)cc(S(=O)(=O)N(C)C)c1C. The lowest BCUT2D eigenvalue weighted by atomic mass is 10.1. The summed E-state index contributed by atoms with van der Waals surface area (Å²) in [5, 5.41) is 2.48. The second-order valence-corrected chi connectivity index (χ2v) is 8.15. The number of aryl methyl sites for hydroxylation is 1. The lowest BCUT2D eigenvalue weighted by Crippen LogP contribution is -2.24. The number of carbonyl (C=O) groups excluding carboxylic acids is 1. The van der Waals surface area contributed by atoms with Crippen LogP contribution in [0.15, 0.2) is 41.3 Å². The predicted octanol–water partition coefficient (Wildman–Crippen LogP) is 3.41. The van der Waals surface area contributed by atoms with Crippen LogP contribution in [-0.4, -0.2) is 39.3 Å². The van der Waals surface area contributed by atoms with E-state index < -0.39 is 22.5 Å². The molecular weight excluding hydrogens is 378 g/mol. The fourth-order valence-corrected chi connectivity index (χ4v) is 3.60. The van der Waals surface area contributed by atoms with E-state index in [1.165, 1.54) is 44.4 Å². The molecule has 2 rings (SSSR count). The van der Waals surface area contributed by atoms with Crippen molar-refractivity contribution in [1.82, 2.24) is 4.31 Å². The van der Waals surface area contributed by atoms with Crippen LogP contribution in [0.5, 0.6) is 5.75 Å². The van der Waals surface area contributed by atoms with Gasteiger partial charge in [0.05, 0.1) is 10.6 Å². The van der Waals surface area contributed by atoms with E-state index in [9.17, 15) is 22.0 Å². The van der Waals surface area contributed by atoms with Gasteiger partial charge in [0.2, 0.25) is 10.0 Å². The zero-order valence-electron chi connectivity index (χ0n) is 15.3. The van der Waals surface area contributed by atoms with E-state index in [4.69, 9.17) is 0 Å². The van der Waals surface area contributed by atoms with Gasteiger partial charge in [-0.05, 0) is 49.2 Å². The van der Waals surface area contributed by atoms with Crippen molar-refractivity contribution in [3.05, 3.63) is 53.1 Å². The molecule has 146 valence electrons. The van der Waals surface area contributed by atoms with Crippen molar-refractivity contribution in [1.29, 1.82) is 0 Å². The first-order valence-corrected chi connectivity index (χ1v) is 9.37. The standard InChI is InChI=1S/C18H20F2N2O4S/c1-11-9-13(10-16(12(11)2)27(24,25)22(3)4)17(23)21-14-7-5-6-8-15(14)26-18(19)20/h5-10,18H,1-4H3,(H,21,23). The Morgan fingerprint density at radius 2 is 1.78 bits per heavy atom. The van der Waals surface area contributed by atoms with Crippen LogP contribution in [0.2, 0.25) is 0 Å². The number of para-hydroxylation sites is 2. The summed E-state index contributed by atoms with van der Waals surface area (Å²) in [6.45, 7) is 0.301. The molecule has 9 heteroatoms. The molecule has 0 fully saturated rings. The number of alkyl halides is 2. The normalized spacial score (nSPS) is 11.7. The van der Waals surface area contributed by atoms with Crippen molar-refractivity contribution in [3.63, 3.8) is 0 Å². The highest BCUT2D eigenvalue weighted by Gasteiger charge is 2.23. The highest BCUT2D eigenvalue weighted by molar-refractivity contribution is 7.89. The quantitative estimate of drug-likeness (QED) is 0.809. The third-order valence-corrected chi connectivity index (χ3v) is 5.93. The average Bonchev–Trinajstić information content (AvgIpc) is 2.58. The molecule has 0 aliphatic carbocycles. The van der Waals surface area contributed by atoms with Crippen LogP contribution in [0.1, 0.15) is 21.5 Å². The van der Waals surface area contributed by atoms with Crippen LogP contribution in [0, 0.1) is 13.8 Å². The summed E-state index contributed by atoms with van der Waals surface area (Å²) in [6, 6.07) is 8.55. The number of hydrogen-bond acceptors (Lipinski definition) is 4. The third-order valence-electron chi connectivity index (χ3n) is 3.99. The first-order valence-electron chi connectivity index (χ1n) is 7.93. The van der Waals surface area contributed by atoms with E-state index in [-0.39, 0.29) is 21.9 Å². The molecule has 1 amide bonds. The highest BCUT2D eigenvalue weighted by atomic mass is 32.2. The van der Waals surface area contributed by atoms with Gasteiger partial charge in [-0.2, -0.15) is 8.78 Å². The van der Waals surface area contributed by atoms with Crippen molar-refractivity contribution < 1.29 is 26.7 Å². The molecule has 0 unspecified atom stereocenters. The number of benzene rings is 2. The van der Waals surface area contributed by atoms with Gasteiger partial charge in [-0.3, -0.25) is 4.79 Å². The van der Waals surface area contributed by atoms with Crippen molar-refractivity contribution in [2.45, 2.75) is 25.4 Å². The van der Waals surface area contributed by atoms with Crippen LogP contribution in [0.4, 0.5) is 14.5 Å². The maximum Gasteiger partial charge on any atom is 0.387 e. The number of halogens is 2. The molecule has 0 saturated carbocycles. The molecule has 0 bridgehead atoms. The van der Waals surface area contributed by atoms with Crippen LogP contribution in [-0.2, 0) is 10.0 Å². The molecule has 0 saturated heterocycles. The Morgan fingerprint density at radius 3 is 2.37 bits per heavy atom. The molecule has 0 aromatic heterocycles. The third kappa shape index (κ3) is 4.61. The molecule has 0 spiro atoms. The Kier molecular flexibility index (Phi) is 6.17. The molecule has 1 N–H and O–H groups in total. The number of nitrogens with one attached hydrogen (secondary N) is 1. The number of anilines is 1. The Morgan fingerprint density at radius 1 is 1.15 bits per heavy atom. The fourth-order valence-electron chi connectivity index (χ4n) is 2.39. The van der Waals surface area contributed by atoms with Crippen LogP contribution >= 0.6 is 0 Å². The second kappa shape index (κ2) is 8.01. The summed E-state index contributed by atoms with van der Waals surface area (Å²) in [4.78, 5) is 12.6. The first-order chi connectivity index (χ1) is 12.5. The van der Waals surface area contributed by atoms with Crippen molar-refractivity contribution >= 4 is 21.6 Å². The molecule has 0 aliphatic heterocycles. The molecule has 0 aliphatic rings. The monoisotopic (exact) mass is 398 g/mol. The largest absolute Gasteiger partial charge is 0.433 e. The van der Waals surface area contributed by atoms with E-state index >= 15 is 0 Å². The van der Waals surface area contributed by atoms with Gasteiger partial charge in [0.1, 0.15) is 5.75 Å². The summed E-state index contributed by atoms with van der Waals surface area (Å²) in [5.74, 6) is -0.829. The highest BCUT2D eigenvalue weighted by Crippen LogP contribution is 2.27. The van der Waals surface area contributed by atoms with Gasteiger partial charge in [0, 0.05) is 19.7 Å². The number of sulfonamides is 1. The summed E-state index contributed by atoms with van der Waals surface area (Å²) >= 11 is 0. The zero-order chi connectivity index (χ0) is 20.4. The zero-order valence-corrected chi connectivity index (χ0v) is 16.1. The summed E-state index contributed by atoms with van der Waals surface area (Å²) < 4.78 is 55.5. The maximum absolute atomic E-state index is 12.6. The van der Waals surface area contributed by atoms with Gasteiger partial charge in [-0.15, -0.1) is 0 Å². The van der Waals surface area contributed by atoms with Crippen molar-refractivity contribution in [2.24, 2.45) is 0 Å². The van der Waals surface area contributed by atoms with Crippen LogP contribution in [0.3, 0.4) is 0 Å². The lowest BCUT2D eigenvalue weighted by Gasteiger charge is -2.17. The molecule has 2 aromatic rings. The lowest BCUT2D eigenvalue weighted by molar-refractivity contribution is -0.0493. The van der Waals surface area contributed by atoms with E-state index in [1.54, 1.807) is 19.9 Å². The second-order valence-electron chi connectivity index (χ2n) is 6.03. The van der Waals surface area contributed by atoms with Gasteiger partial charge in [0.15, 0.2) is 0 Å². The molecule has 0 heterocycles. The Bertz CT molecular complexity index is 960. The first kappa shape index (κ1) is 20.8. The van der Waals surface area contributed by atoms with E-state index in [0.717, 1.165) is 4.31 Å². The Balaban J connectivity index is 2.43. The van der Waals surface area contributed by atoms with E-state index in [0.29, 0.717) is 11.1 Å². The fraction of sp³-hybridized carbons (Fsp3) is 0.278. The smallest absolute Gasteiger partial charge is 0.387 e. The molecule has 27 heavy (non-hydrogen) atoms. The number of ether oxygens (including phenoxy) is 1. The molecular formula is C18H20F2N2O4S. The Hall–Kier alpha value is -2.52. The predicted molar refractivity (Wildman–Crippen MR) is 97.8 cm³/mol. The minimum atomic E-state index is -3.75. The number of amides is 1. The van der Waals surface area contributed by atoms with Gasteiger partial charge in [-0.1, -0.05) is 12.1 Å². The number of rotatable bonds is 6. The van der Waals surface area contributed by atoms with Crippen LogP contribution in [0.25, 0.3) is 0 Å². The van der Waals surface area contributed by atoms with Gasteiger partial charge in [-0.25, -0.2) is 12.7 Å². The van der Waals surface area contributed by atoms with Gasteiger partial charge < -0.3 is 10.1 Å². The number of carbonyl (C=O) groups is 1. The molecule has 6 nitrogen and oxygen atoms in total. The maximum atomic E-state index is 12.6. The van der Waals surface area contributed by atoms with Crippen molar-refractivity contribution in [3.8, 4) is 5.75 Å². The van der Waals surface area contributed by atoms with E-state index in [2.05, 4.69) is 10.1 Å². The van der Waals surface area contributed by atoms with E-state index in [1.807, 2.05) is 0 Å². The number of hydrogen-bond donors (Lipinski definition) is 1. The summed E-state index contributed by atoms with van der Waals surface area (Å²) in [7, 11) is -0.958. The van der Waals surface area contributed by atoms with Crippen molar-refractivity contribution in [2.75, 3.05) is 19.4 Å². The Labute approximate surface area is 156 Å². The van der Waals surface area contributed by atoms with Gasteiger partial charge in [0.25, 0.3) is 5.91 Å². The van der Waals surface area contributed by atoms with Gasteiger partial charge >= 0.3 is 6.61 Å². The minimum absolute atomic E-state index is 0.00904. The number of nitrogens with zero attached hydrogens (tertiary/aromatic N) is 1. The molecule has 0 radical (unpaired) electrons. The summed E-state index contributed by atoms with van der Waals surface area (Å²) in [6.07, 6.45) is 0. The average molecular weight is 398 g/mol. The molecule has 2 aromatic carbocycles.